The molecule has 0 aromatic heterocycles. The Kier molecular flexibility index (Phi) is 36.4. The fourth-order valence-corrected chi connectivity index (χ4v) is 6.09. The summed E-state index contributed by atoms with van der Waals surface area (Å²) in [5.41, 5.74) is 0. The van der Waals surface area contributed by atoms with E-state index in [1.54, 1.807) is 0 Å². The van der Waals surface area contributed by atoms with Crippen LogP contribution < -0.4 is 5.32 Å². The van der Waals surface area contributed by atoms with Gasteiger partial charge in [0.05, 0.1) is 25.2 Å². The predicted octanol–water partition coefficient (Wildman–Crippen LogP) is 11.6. The van der Waals surface area contributed by atoms with Crippen molar-refractivity contribution in [3.63, 3.8) is 0 Å². The molecule has 50 heavy (non-hydrogen) atoms. The zero-order chi connectivity index (χ0) is 36.8. The van der Waals surface area contributed by atoms with Gasteiger partial charge < -0.3 is 20.3 Å². The molecule has 0 spiro atoms. The highest BCUT2D eigenvalue weighted by Crippen LogP contribution is 2.17. The third-order valence-electron chi connectivity index (χ3n) is 9.27. The van der Waals surface area contributed by atoms with Gasteiger partial charge in [0.15, 0.2) is 0 Å². The van der Waals surface area contributed by atoms with Crippen LogP contribution in [0.1, 0.15) is 194 Å². The van der Waals surface area contributed by atoms with Gasteiger partial charge in [-0.25, -0.2) is 0 Å². The fraction of sp³-hybridized carbons (Fsp3) is 0.773. The van der Waals surface area contributed by atoms with Gasteiger partial charge >= 0.3 is 5.97 Å². The molecule has 3 atom stereocenters. The molecule has 6 heteroatoms. The molecule has 0 saturated carbocycles. The first-order valence-electron chi connectivity index (χ1n) is 20.9. The number of nitrogens with one attached hydrogen (secondary N) is 1. The Morgan fingerprint density at radius 2 is 1.08 bits per heavy atom. The molecule has 0 saturated heterocycles. The summed E-state index contributed by atoms with van der Waals surface area (Å²) in [6, 6.07) is -0.704. The maximum absolute atomic E-state index is 13.0. The Morgan fingerprint density at radius 3 is 1.62 bits per heavy atom. The molecule has 1 amide bonds. The molecule has 290 valence electrons. The molecule has 6 nitrogen and oxygen atoms in total. The highest BCUT2D eigenvalue weighted by molar-refractivity contribution is 5.77. The van der Waals surface area contributed by atoms with Gasteiger partial charge in [0.25, 0.3) is 0 Å². The van der Waals surface area contributed by atoms with E-state index in [2.05, 4.69) is 44.3 Å². The first kappa shape index (κ1) is 47.8. The normalized spacial score (nSPS) is 13.9. The van der Waals surface area contributed by atoms with Crippen LogP contribution in [0.15, 0.2) is 48.6 Å². The molecule has 0 rings (SSSR count). The van der Waals surface area contributed by atoms with Crippen LogP contribution in [0, 0.1) is 0 Å². The predicted molar refractivity (Wildman–Crippen MR) is 213 cm³/mol. The molecule has 0 aliphatic rings. The van der Waals surface area contributed by atoms with Crippen LogP contribution in [0.4, 0.5) is 0 Å². The standard InChI is InChI=1S/C44H79NO5/c1-4-7-10-13-16-19-20-21-22-25-28-31-34-37-44(49)50-40(35-32-29-26-23-17-14-11-8-5-2)38-43(48)45-41(39-46)42(47)36-33-30-27-24-18-15-12-9-6-3/h7,10,13,16,19-22,40-42,46-47H,4-6,8-9,11-12,14-15,17-18,23-39H2,1-3H3,(H,45,48)/b10-7+,16-13+,20-19-,22-21-. The van der Waals surface area contributed by atoms with E-state index < -0.39 is 18.2 Å². The summed E-state index contributed by atoms with van der Waals surface area (Å²) < 4.78 is 5.85. The molecule has 0 bridgehead atoms. The van der Waals surface area contributed by atoms with E-state index in [1.807, 2.05) is 30.4 Å². The van der Waals surface area contributed by atoms with Crippen LogP contribution in [0.3, 0.4) is 0 Å². The summed E-state index contributed by atoms with van der Waals surface area (Å²) in [6.07, 6.45) is 43.2. The van der Waals surface area contributed by atoms with E-state index in [0.29, 0.717) is 19.3 Å². The van der Waals surface area contributed by atoms with Gasteiger partial charge in [-0.3, -0.25) is 9.59 Å². The Labute approximate surface area is 308 Å². The smallest absolute Gasteiger partial charge is 0.306 e. The van der Waals surface area contributed by atoms with Gasteiger partial charge in [0, 0.05) is 6.42 Å². The number of hydrogen-bond acceptors (Lipinski definition) is 5. The number of carbonyl (C=O) groups excluding carboxylic acids is 2. The average Bonchev–Trinajstić information content (AvgIpc) is 3.10. The van der Waals surface area contributed by atoms with Crippen molar-refractivity contribution >= 4 is 11.9 Å². The molecule has 3 N–H and O–H groups in total. The average molecular weight is 702 g/mol. The zero-order valence-corrected chi connectivity index (χ0v) is 32.8. The Bertz CT molecular complexity index is 880. The van der Waals surface area contributed by atoms with Crippen molar-refractivity contribution in [2.45, 2.75) is 212 Å². The maximum Gasteiger partial charge on any atom is 0.306 e. The molecule has 0 aromatic rings. The van der Waals surface area contributed by atoms with Crippen molar-refractivity contribution in [1.82, 2.24) is 5.32 Å². The van der Waals surface area contributed by atoms with E-state index in [1.165, 1.54) is 77.0 Å². The van der Waals surface area contributed by atoms with Crippen LogP contribution in [0.2, 0.25) is 0 Å². The van der Waals surface area contributed by atoms with E-state index in [4.69, 9.17) is 4.74 Å². The number of carbonyl (C=O) groups is 2. The monoisotopic (exact) mass is 702 g/mol. The third kappa shape index (κ3) is 33.0. The molecule has 0 fully saturated rings. The van der Waals surface area contributed by atoms with Crippen molar-refractivity contribution in [2.75, 3.05) is 6.61 Å². The molecule has 0 aromatic carbocycles. The van der Waals surface area contributed by atoms with Crippen LogP contribution in [0.5, 0.6) is 0 Å². The van der Waals surface area contributed by atoms with Crippen molar-refractivity contribution in [3.8, 4) is 0 Å². The Balaban J connectivity index is 4.65. The lowest BCUT2D eigenvalue weighted by atomic mass is 10.0. The first-order valence-corrected chi connectivity index (χ1v) is 20.9. The highest BCUT2D eigenvalue weighted by Gasteiger charge is 2.24. The molecule has 0 aliphatic heterocycles. The summed E-state index contributed by atoms with van der Waals surface area (Å²) in [7, 11) is 0. The Morgan fingerprint density at radius 1 is 0.600 bits per heavy atom. The largest absolute Gasteiger partial charge is 0.462 e. The number of esters is 1. The van der Waals surface area contributed by atoms with Crippen molar-refractivity contribution < 1.29 is 24.5 Å². The van der Waals surface area contributed by atoms with E-state index in [-0.39, 0.29) is 24.9 Å². The van der Waals surface area contributed by atoms with E-state index in [9.17, 15) is 19.8 Å². The number of allylic oxidation sites excluding steroid dienone is 8. The minimum atomic E-state index is -0.789. The molecule has 0 aliphatic carbocycles. The van der Waals surface area contributed by atoms with Crippen LogP contribution >= 0.6 is 0 Å². The minimum absolute atomic E-state index is 0.0619. The number of ether oxygens (including phenoxy) is 1. The number of hydrogen-bond donors (Lipinski definition) is 3. The summed E-state index contributed by atoms with van der Waals surface area (Å²) in [5, 5.41) is 23.5. The summed E-state index contributed by atoms with van der Waals surface area (Å²) in [4.78, 5) is 25.8. The van der Waals surface area contributed by atoms with Crippen LogP contribution in [-0.4, -0.2) is 46.9 Å². The fourth-order valence-electron chi connectivity index (χ4n) is 6.09. The SMILES string of the molecule is CC/C=C/C=C/C=C\C=C/CCCCCC(=O)OC(CCCCCCCCCCC)CC(=O)NC(CO)C(O)CCCCCCCCCCC. The van der Waals surface area contributed by atoms with Crippen LogP contribution in [0.25, 0.3) is 0 Å². The van der Waals surface area contributed by atoms with Crippen molar-refractivity contribution in [3.05, 3.63) is 48.6 Å². The second kappa shape index (κ2) is 38.1. The zero-order valence-electron chi connectivity index (χ0n) is 32.8. The van der Waals surface area contributed by atoms with E-state index in [0.717, 1.165) is 70.6 Å². The molecule has 0 radical (unpaired) electrons. The van der Waals surface area contributed by atoms with Gasteiger partial charge in [0.1, 0.15) is 6.10 Å². The van der Waals surface area contributed by atoms with Gasteiger partial charge in [0.2, 0.25) is 5.91 Å². The molecular formula is C44H79NO5. The quantitative estimate of drug-likeness (QED) is 0.0343. The number of unbranched alkanes of at least 4 members (excludes halogenated alkanes) is 19. The maximum atomic E-state index is 13.0. The van der Waals surface area contributed by atoms with Gasteiger partial charge in [-0.05, 0) is 44.9 Å². The second-order valence-electron chi connectivity index (χ2n) is 14.1. The van der Waals surface area contributed by atoms with Crippen LogP contribution in [-0.2, 0) is 14.3 Å². The molecule has 0 heterocycles. The highest BCUT2D eigenvalue weighted by atomic mass is 16.5. The number of aliphatic hydroxyl groups excluding tert-OH is 2. The van der Waals surface area contributed by atoms with Gasteiger partial charge in [-0.1, -0.05) is 185 Å². The van der Waals surface area contributed by atoms with E-state index >= 15 is 0 Å². The number of rotatable bonds is 36. The third-order valence-corrected chi connectivity index (χ3v) is 9.27. The first-order chi connectivity index (χ1) is 24.5. The minimum Gasteiger partial charge on any atom is -0.462 e. The molecular weight excluding hydrogens is 622 g/mol. The number of aliphatic hydroxyl groups is 2. The van der Waals surface area contributed by atoms with Crippen molar-refractivity contribution in [1.29, 1.82) is 0 Å². The number of amides is 1. The lowest BCUT2D eigenvalue weighted by molar-refractivity contribution is -0.151. The molecule has 3 unspecified atom stereocenters. The lowest BCUT2D eigenvalue weighted by Gasteiger charge is -2.24. The summed E-state index contributed by atoms with van der Waals surface area (Å²) in [6.45, 7) is 6.27. The second-order valence-corrected chi connectivity index (χ2v) is 14.1. The topological polar surface area (TPSA) is 95.9 Å². The van der Waals surface area contributed by atoms with Gasteiger partial charge in [-0.15, -0.1) is 0 Å². The van der Waals surface area contributed by atoms with Gasteiger partial charge in [-0.2, -0.15) is 0 Å². The summed E-state index contributed by atoms with van der Waals surface area (Å²) in [5.74, 6) is -0.525. The van der Waals surface area contributed by atoms with Crippen molar-refractivity contribution in [2.24, 2.45) is 0 Å². The Hall–Kier alpha value is -2.18. The summed E-state index contributed by atoms with van der Waals surface area (Å²) >= 11 is 0. The lowest BCUT2D eigenvalue weighted by Crippen LogP contribution is -2.46.